The Morgan fingerprint density at radius 1 is 1.73 bits per heavy atom. The molecule has 1 atom stereocenters. The lowest BCUT2D eigenvalue weighted by Crippen LogP contribution is -2.29. The first-order chi connectivity index (χ1) is 5.25. The molecule has 11 heavy (non-hydrogen) atoms. The van der Waals surface area contributed by atoms with E-state index < -0.39 is 0 Å². The molecule has 58 valence electrons. The van der Waals surface area contributed by atoms with Crippen LogP contribution in [0.2, 0.25) is 0 Å². The normalized spacial score (nSPS) is 21.8. The van der Waals surface area contributed by atoms with Gasteiger partial charge in [-0.25, -0.2) is 4.98 Å². The Hall–Kier alpha value is -0.0300. The second-order valence-electron chi connectivity index (χ2n) is 2.45. The minimum Gasteiger partial charge on any atom is -0.334 e. The summed E-state index contributed by atoms with van der Waals surface area (Å²) >= 11 is 8.07. The molecule has 0 radical (unpaired) electrons. The van der Waals surface area contributed by atoms with Crippen LogP contribution in [0.1, 0.15) is 6.42 Å². The minimum atomic E-state index is 0.124. The topological polar surface area (TPSA) is 28.7 Å². The van der Waals surface area contributed by atoms with Crippen molar-refractivity contribution in [1.82, 2.24) is 9.97 Å². The number of hydrogen-bond donors (Lipinski definition) is 1. The lowest BCUT2D eigenvalue weighted by Gasteiger charge is -2.00. The summed E-state index contributed by atoms with van der Waals surface area (Å²) in [6, 6.07) is 0. The molecule has 4 heteroatoms. The fourth-order valence-corrected chi connectivity index (χ4v) is 1.89. The van der Waals surface area contributed by atoms with Gasteiger partial charge >= 0.3 is 0 Å². The van der Waals surface area contributed by atoms with E-state index in [-0.39, 0.29) is 5.38 Å². The van der Waals surface area contributed by atoms with Crippen LogP contribution in [-0.2, 0) is 0 Å². The van der Waals surface area contributed by atoms with Crippen LogP contribution >= 0.6 is 34.2 Å². The quantitative estimate of drug-likeness (QED) is 0.547. The van der Waals surface area contributed by atoms with Crippen molar-refractivity contribution in [2.24, 2.45) is 0 Å². The molecule has 0 amide bonds. The van der Waals surface area contributed by atoms with Crippen LogP contribution in [0, 0.1) is 3.83 Å². The van der Waals surface area contributed by atoms with Crippen molar-refractivity contribution in [3.05, 3.63) is 14.5 Å². The fourth-order valence-electron chi connectivity index (χ4n) is 1.12. The zero-order valence-electron chi connectivity index (χ0n) is 5.64. The fraction of sp³-hybridized carbons (Fsp3) is 0.286. The van der Waals surface area contributed by atoms with Crippen LogP contribution in [0.4, 0.5) is 0 Å². The smallest absolute Gasteiger partial charge is 0.169 e. The highest BCUT2D eigenvalue weighted by Crippen LogP contribution is 2.05. The Morgan fingerprint density at radius 3 is 3.36 bits per heavy atom. The number of hydrogen-bond acceptors (Lipinski definition) is 1. The molecule has 0 saturated carbocycles. The van der Waals surface area contributed by atoms with Gasteiger partial charge in [-0.1, -0.05) is 6.08 Å². The highest BCUT2D eigenvalue weighted by molar-refractivity contribution is 14.1. The van der Waals surface area contributed by atoms with Gasteiger partial charge in [0.2, 0.25) is 0 Å². The molecule has 1 N–H and O–H groups in total. The van der Waals surface area contributed by atoms with Gasteiger partial charge in [0, 0.05) is 0 Å². The maximum absolute atomic E-state index is 5.92. The molecular formula is C7H6ClIN2. The number of alkyl halides is 1. The molecule has 2 rings (SSSR count). The predicted octanol–water partition coefficient (Wildman–Crippen LogP) is 0.586. The van der Waals surface area contributed by atoms with Crippen LogP contribution in [0.5, 0.6) is 0 Å². The Kier molecular flexibility index (Phi) is 1.93. The average molecular weight is 280 g/mol. The van der Waals surface area contributed by atoms with Gasteiger partial charge in [0.1, 0.15) is 0 Å². The Balaban J connectivity index is 2.72. The molecule has 1 aromatic heterocycles. The molecule has 0 bridgehead atoms. The number of aromatic amines is 1. The second kappa shape index (κ2) is 2.79. The third kappa shape index (κ3) is 1.44. The number of H-pyrrole nitrogens is 1. The molecule has 0 aromatic carbocycles. The summed E-state index contributed by atoms with van der Waals surface area (Å²) in [6.45, 7) is 0. The van der Waals surface area contributed by atoms with Gasteiger partial charge in [0.25, 0.3) is 0 Å². The van der Waals surface area contributed by atoms with Crippen molar-refractivity contribution in [1.29, 1.82) is 0 Å². The van der Waals surface area contributed by atoms with E-state index in [0.29, 0.717) is 0 Å². The summed E-state index contributed by atoms with van der Waals surface area (Å²) < 4.78 is 0.922. The second-order valence-corrected chi connectivity index (χ2v) is 4.03. The van der Waals surface area contributed by atoms with Gasteiger partial charge < -0.3 is 4.98 Å². The maximum Gasteiger partial charge on any atom is 0.169 e. The van der Waals surface area contributed by atoms with Gasteiger partial charge in [-0.2, -0.15) is 0 Å². The highest BCUT2D eigenvalue weighted by Gasteiger charge is 2.05. The van der Waals surface area contributed by atoms with E-state index in [1.54, 1.807) is 0 Å². The number of rotatable bonds is 0. The number of fused-ring (bicyclic) bond motifs is 1. The van der Waals surface area contributed by atoms with E-state index >= 15 is 0 Å². The molecule has 0 aliphatic heterocycles. The monoisotopic (exact) mass is 280 g/mol. The molecule has 1 aliphatic carbocycles. The summed E-state index contributed by atoms with van der Waals surface area (Å²) in [7, 11) is 0. The van der Waals surface area contributed by atoms with Crippen LogP contribution in [0.15, 0.2) is 0 Å². The number of nitrogens with one attached hydrogen (secondary N) is 1. The molecule has 1 unspecified atom stereocenters. The first kappa shape index (κ1) is 7.61. The van der Waals surface area contributed by atoms with Gasteiger partial charge in [0.05, 0.1) is 16.1 Å². The summed E-state index contributed by atoms with van der Waals surface area (Å²) in [5.74, 6) is 0. The van der Waals surface area contributed by atoms with Crippen LogP contribution < -0.4 is 10.7 Å². The summed E-state index contributed by atoms with van der Waals surface area (Å²) in [4.78, 5) is 7.40. The molecule has 0 saturated heterocycles. The molecule has 1 aliphatic rings. The van der Waals surface area contributed by atoms with E-state index in [4.69, 9.17) is 11.6 Å². The number of nitrogens with zero attached hydrogens (tertiary/aromatic N) is 1. The molecule has 2 nitrogen and oxygen atoms in total. The number of halogens is 2. The van der Waals surface area contributed by atoms with E-state index in [1.165, 1.54) is 0 Å². The first-order valence-electron chi connectivity index (χ1n) is 3.33. The Morgan fingerprint density at radius 2 is 2.55 bits per heavy atom. The van der Waals surface area contributed by atoms with Crippen molar-refractivity contribution >= 4 is 46.3 Å². The van der Waals surface area contributed by atoms with Crippen molar-refractivity contribution in [3.8, 4) is 0 Å². The van der Waals surface area contributed by atoms with Crippen molar-refractivity contribution in [2.45, 2.75) is 11.8 Å². The molecular weight excluding hydrogens is 274 g/mol. The van der Waals surface area contributed by atoms with Crippen molar-refractivity contribution in [3.63, 3.8) is 0 Å². The van der Waals surface area contributed by atoms with E-state index in [2.05, 4.69) is 38.6 Å². The number of aromatic nitrogens is 2. The largest absolute Gasteiger partial charge is 0.334 e. The van der Waals surface area contributed by atoms with E-state index in [1.807, 2.05) is 6.08 Å². The predicted molar refractivity (Wildman–Crippen MR) is 53.7 cm³/mol. The standard InChI is InChI=1S/C7H6ClIN2/c8-4-1-2-5-6(3-4)11-7(9)10-5/h2-4H,1H2,(H,10,11). The Labute approximate surface area is 82.5 Å². The third-order valence-corrected chi connectivity index (χ3v) is 2.43. The van der Waals surface area contributed by atoms with Gasteiger partial charge in [-0.05, 0) is 35.1 Å². The van der Waals surface area contributed by atoms with E-state index in [0.717, 1.165) is 21.0 Å². The Bertz CT molecular complexity index is 382. The van der Waals surface area contributed by atoms with Crippen LogP contribution in [-0.4, -0.2) is 15.3 Å². The van der Waals surface area contributed by atoms with Gasteiger partial charge in [0.15, 0.2) is 3.83 Å². The van der Waals surface area contributed by atoms with Crippen LogP contribution in [0.3, 0.4) is 0 Å². The first-order valence-corrected chi connectivity index (χ1v) is 4.85. The molecule has 0 spiro atoms. The zero-order valence-corrected chi connectivity index (χ0v) is 8.56. The lowest BCUT2D eigenvalue weighted by molar-refractivity contribution is 1.10. The zero-order chi connectivity index (χ0) is 7.84. The maximum atomic E-state index is 5.92. The highest BCUT2D eigenvalue weighted by atomic mass is 127. The average Bonchev–Trinajstić information content (AvgIpc) is 2.27. The molecule has 1 aromatic rings. The third-order valence-electron chi connectivity index (χ3n) is 1.62. The van der Waals surface area contributed by atoms with Crippen molar-refractivity contribution in [2.75, 3.05) is 0 Å². The minimum absolute atomic E-state index is 0.124. The van der Waals surface area contributed by atoms with Crippen molar-refractivity contribution < 1.29 is 0 Å². The summed E-state index contributed by atoms with van der Waals surface area (Å²) in [5, 5.41) is 2.21. The lowest BCUT2D eigenvalue weighted by atomic mass is 10.2. The summed E-state index contributed by atoms with van der Waals surface area (Å²) in [6.07, 6.45) is 4.95. The SMILES string of the molecule is ClC1C=c2[nH]c(I)nc2=CC1. The summed E-state index contributed by atoms with van der Waals surface area (Å²) in [5.41, 5.74) is 0. The van der Waals surface area contributed by atoms with E-state index in [9.17, 15) is 0 Å². The number of imidazole rings is 1. The van der Waals surface area contributed by atoms with Gasteiger partial charge in [-0.3, -0.25) is 0 Å². The molecule has 0 fully saturated rings. The van der Waals surface area contributed by atoms with Gasteiger partial charge in [-0.15, -0.1) is 11.6 Å². The van der Waals surface area contributed by atoms with Crippen LogP contribution in [0.25, 0.3) is 12.2 Å². The molecule has 1 heterocycles.